The van der Waals surface area contributed by atoms with Crippen LogP contribution in [0.4, 0.5) is 27.1 Å². The Morgan fingerprint density at radius 2 is 1.32 bits per heavy atom. The number of hydrogen-bond acceptors (Lipinski definition) is 3. The molecule has 9 rings (SSSR count). The number of nitriles is 1. The molecule has 0 unspecified atom stereocenters. The van der Waals surface area contributed by atoms with E-state index >= 15 is 4.39 Å². The summed E-state index contributed by atoms with van der Waals surface area (Å²) in [6.07, 6.45) is 14.4. The fourth-order valence-electron chi connectivity index (χ4n) is 8.59. The Morgan fingerprint density at radius 3 is 1.98 bits per heavy atom. The molecule has 3 nitrogen and oxygen atoms in total. The number of nitrogens with zero attached hydrogens (tertiary/aromatic N) is 3. The second-order valence-corrected chi connectivity index (χ2v) is 15.5. The maximum Gasteiger partial charge on any atom is 0.147 e. The van der Waals surface area contributed by atoms with Crippen LogP contribution >= 0.6 is 0 Å². The fourth-order valence-corrected chi connectivity index (χ4v) is 8.59. The first-order valence-corrected chi connectivity index (χ1v) is 23.0. The molecule has 1 heterocycles. The topological polar surface area (TPSA) is 30.3 Å². The summed E-state index contributed by atoms with van der Waals surface area (Å²) in [5.74, 6) is -0.345. The molecular formula is C61H59BFN3. The van der Waals surface area contributed by atoms with E-state index in [0.717, 1.165) is 74.6 Å². The van der Waals surface area contributed by atoms with Crippen LogP contribution in [0.5, 0.6) is 0 Å². The smallest absolute Gasteiger partial charge is 0.147 e. The van der Waals surface area contributed by atoms with Gasteiger partial charge in [0, 0.05) is 47.2 Å². The molecule has 0 saturated heterocycles. The zero-order valence-corrected chi connectivity index (χ0v) is 39.1. The summed E-state index contributed by atoms with van der Waals surface area (Å²) >= 11 is 0. The SMILES string of the molecule is C=C(/C=C\C=C/C)CC.C=C/C=C(\CCC#N)N(c1ccc(-c2ccc(-c3ccccc3)cc2)cc1F)c1ccc2ccc3c(N4CCc5ccccc54)ccc4ccc1c2c43.CC.[B]C. The van der Waals surface area contributed by atoms with Crippen LogP contribution in [0.1, 0.15) is 52.5 Å². The van der Waals surface area contributed by atoms with Gasteiger partial charge in [-0.1, -0.05) is 192 Å². The van der Waals surface area contributed by atoms with E-state index in [1.807, 2.05) is 98.5 Å². The van der Waals surface area contributed by atoms with Crippen molar-refractivity contribution < 1.29 is 4.39 Å². The van der Waals surface area contributed by atoms with Gasteiger partial charge >= 0.3 is 0 Å². The fraction of sp³-hybridized carbons (Fsp3) is 0.164. The molecule has 5 heteroatoms. The van der Waals surface area contributed by atoms with Crippen LogP contribution in [0.15, 0.2) is 206 Å². The number of benzene rings is 8. The average molecular weight is 864 g/mol. The molecule has 1 aliphatic rings. The van der Waals surface area contributed by atoms with Crippen molar-refractivity contribution in [3.05, 3.63) is 218 Å². The minimum Gasteiger partial charge on any atom is -0.340 e. The first kappa shape index (κ1) is 48.1. The molecule has 8 aromatic carbocycles. The lowest BCUT2D eigenvalue weighted by Crippen LogP contribution is -2.18. The molecule has 2 radical (unpaired) electrons. The average Bonchev–Trinajstić information content (AvgIpc) is 3.81. The molecule has 0 aromatic heterocycles. The highest BCUT2D eigenvalue weighted by Crippen LogP contribution is 2.47. The highest BCUT2D eigenvalue weighted by Gasteiger charge is 2.25. The molecule has 0 saturated carbocycles. The van der Waals surface area contributed by atoms with Crippen molar-refractivity contribution in [2.75, 3.05) is 16.3 Å². The van der Waals surface area contributed by atoms with Crippen LogP contribution in [0.25, 0.3) is 54.6 Å². The van der Waals surface area contributed by atoms with Gasteiger partial charge < -0.3 is 9.80 Å². The maximum absolute atomic E-state index is 16.7. The minimum absolute atomic E-state index is 0.288. The van der Waals surface area contributed by atoms with E-state index in [1.165, 1.54) is 40.1 Å². The lowest BCUT2D eigenvalue weighted by atomic mass is 9.91. The van der Waals surface area contributed by atoms with E-state index in [2.05, 4.69) is 136 Å². The second kappa shape index (κ2) is 23.5. The monoisotopic (exact) mass is 863 g/mol. The van der Waals surface area contributed by atoms with E-state index < -0.39 is 0 Å². The van der Waals surface area contributed by atoms with Gasteiger partial charge in [0.1, 0.15) is 5.82 Å². The maximum atomic E-state index is 16.7. The second-order valence-electron chi connectivity index (χ2n) is 15.5. The molecule has 0 fully saturated rings. The highest BCUT2D eigenvalue weighted by atomic mass is 19.1. The van der Waals surface area contributed by atoms with Gasteiger partial charge in [0.25, 0.3) is 0 Å². The molecule has 1 aliphatic heterocycles. The third kappa shape index (κ3) is 10.4. The zero-order chi connectivity index (χ0) is 47.0. The summed E-state index contributed by atoms with van der Waals surface area (Å²) in [6, 6.07) is 52.4. The Morgan fingerprint density at radius 1 is 0.727 bits per heavy atom. The standard InChI is InChI=1S/C49H36FN3.C9H14.C2H6.CH3B/c1-2-9-40(13-8-30-51)53(47-28-23-39(32-43(47)50)35-17-15-34(16-18-35)33-10-4-3-5-11-33)46-27-22-38-19-24-41-45(52-31-29-36-12-6-7-14-44(36)52)26-21-37-20-25-42(46)49(38)48(37)41;1-4-6-7-8-9(3)5-2;2*1-2/h2-7,9-12,14-28,32H,1,8,13,29,31H2;4,6-8H,3,5H2,1-2H3;1-2H3;1H3/b40-9+;6-4-,8-7-;;. The lowest BCUT2D eigenvalue weighted by Gasteiger charge is -2.30. The van der Waals surface area contributed by atoms with Crippen LogP contribution in [-0.2, 0) is 6.42 Å². The van der Waals surface area contributed by atoms with Gasteiger partial charge in [-0.05, 0) is 106 Å². The van der Waals surface area contributed by atoms with Crippen molar-refractivity contribution in [3.8, 4) is 28.3 Å². The van der Waals surface area contributed by atoms with Gasteiger partial charge in [-0.25, -0.2) is 4.39 Å². The van der Waals surface area contributed by atoms with Gasteiger partial charge in [-0.15, -0.1) is 0 Å². The largest absolute Gasteiger partial charge is 0.340 e. The van der Waals surface area contributed by atoms with Crippen LogP contribution < -0.4 is 9.80 Å². The number of allylic oxidation sites excluding steroid dienone is 8. The zero-order valence-electron chi connectivity index (χ0n) is 39.1. The number of para-hydroxylation sites is 1. The van der Waals surface area contributed by atoms with Crippen molar-refractivity contribution in [1.29, 1.82) is 5.26 Å². The molecular weight excluding hydrogens is 805 g/mol. The minimum atomic E-state index is -0.345. The molecule has 8 aromatic rings. The van der Waals surface area contributed by atoms with Crippen LogP contribution in [0, 0.1) is 17.1 Å². The molecule has 0 amide bonds. The number of fused-ring (bicyclic) bond motifs is 1. The summed E-state index contributed by atoms with van der Waals surface area (Å²) in [4.78, 5) is 4.42. The molecule has 0 aliphatic carbocycles. The lowest BCUT2D eigenvalue weighted by molar-refractivity contribution is 0.627. The van der Waals surface area contributed by atoms with Crippen molar-refractivity contribution >= 4 is 62.9 Å². The Kier molecular flexibility index (Phi) is 17.1. The van der Waals surface area contributed by atoms with Crippen LogP contribution in [0.2, 0.25) is 6.82 Å². The van der Waals surface area contributed by atoms with Crippen molar-refractivity contribution in [1.82, 2.24) is 0 Å². The summed E-state index contributed by atoms with van der Waals surface area (Å²) in [7, 11) is 4.50. The number of hydrogen-bond donors (Lipinski definition) is 0. The molecule has 0 spiro atoms. The predicted octanol–water partition coefficient (Wildman–Crippen LogP) is 17.6. The van der Waals surface area contributed by atoms with Gasteiger partial charge in [0.15, 0.2) is 0 Å². The number of halogens is 1. The molecule has 0 bridgehead atoms. The van der Waals surface area contributed by atoms with Gasteiger partial charge in [-0.3, -0.25) is 0 Å². The first-order valence-electron chi connectivity index (χ1n) is 23.0. The first-order chi connectivity index (χ1) is 32.4. The van der Waals surface area contributed by atoms with E-state index in [-0.39, 0.29) is 12.2 Å². The predicted molar refractivity (Wildman–Crippen MR) is 286 cm³/mol. The molecule has 0 atom stereocenters. The quantitative estimate of drug-likeness (QED) is 0.0696. The van der Waals surface area contributed by atoms with Crippen LogP contribution in [-0.4, -0.2) is 14.4 Å². The van der Waals surface area contributed by atoms with E-state index in [9.17, 15) is 5.26 Å². The Bertz CT molecular complexity index is 3030. The van der Waals surface area contributed by atoms with E-state index in [0.29, 0.717) is 12.1 Å². The normalized spacial score (nSPS) is 12.0. The third-order valence-corrected chi connectivity index (χ3v) is 11.7. The summed E-state index contributed by atoms with van der Waals surface area (Å²) in [5.41, 5.74) is 11.1. The van der Waals surface area contributed by atoms with Gasteiger partial charge in [0.2, 0.25) is 0 Å². The summed E-state index contributed by atoms with van der Waals surface area (Å²) in [5, 5.41) is 16.5. The summed E-state index contributed by atoms with van der Waals surface area (Å²) < 4.78 is 16.7. The van der Waals surface area contributed by atoms with Gasteiger partial charge in [0.05, 0.1) is 25.3 Å². The van der Waals surface area contributed by atoms with Crippen molar-refractivity contribution in [2.45, 2.75) is 60.2 Å². The highest BCUT2D eigenvalue weighted by molar-refractivity contribution is 6.27. The molecule has 66 heavy (non-hydrogen) atoms. The third-order valence-electron chi connectivity index (χ3n) is 11.7. The van der Waals surface area contributed by atoms with E-state index in [4.69, 9.17) is 0 Å². The molecule has 0 N–H and O–H groups in total. The van der Waals surface area contributed by atoms with Crippen molar-refractivity contribution in [3.63, 3.8) is 0 Å². The van der Waals surface area contributed by atoms with E-state index in [1.54, 1.807) is 12.1 Å². The number of rotatable bonds is 12. The molecule has 328 valence electrons. The Balaban J connectivity index is 0.000000493. The van der Waals surface area contributed by atoms with Crippen molar-refractivity contribution in [2.24, 2.45) is 0 Å². The number of anilines is 4. The Labute approximate surface area is 393 Å². The Hall–Kier alpha value is -7.42. The van der Waals surface area contributed by atoms with Crippen LogP contribution in [0.3, 0.4) is 0 Å². The summed E-state index contributed by atoms with van der Waals surface area (Å²) in [6.45, 7) is 18.3. The van der Waals surface area contributed by atoms with Gasteiger partial charge in [-0.2, -0.15) is 5.26 Å².